The summed E-state index contributed by atoms with van der Waals surface area (Å²) in [6.07, 6.45) is -4.83. The van der Waals surface area contributed by atoms with Crippen LogP contribution in [0.1, 0.15) is 11.1 Å². The molecule has 0 aliphatic heterocycles. The van der Waals surface area contributed by atoms with Gasteiger partial charge >= 0.3 is 12.2 Å². The van der Waals surface area contributed by atoms with Crippen LogP contribution >= 0.6 is 0 Å². The van der Waals surface area contributed by atoms with Crippen LogP contribution in [-0.2, 0) is 12.7 Å². The van der Waals surface area contributed by atoms with E-state index >= 15 is 0 Å². The highest BCUT2D eigenvalue weighted by Crippen LogP contribution is 2.33. The van der Waals surface area contributed by atoms with Gasteiger partial charge < -0.3 is 15.4 Å². The average molecular weight is 342 g/mol. The molecule has 2 aromatic carbocycles. The number of nitrogens with one attached hydrogen (secondary N) is 2. The van der Waals surface area contributed by atoms with Gasteiger partial charge in [0.2, 0.25) is 0 Å². The molecule has 0 aliphatic rings. The fraction of sp³-hybridized carbons (Fsp3) is 0.188. The SMILES string of the molecule is COc1cccc(CNC(=O)Nc2cccc(C(F)(F)F)c2F)c1. The average Bonchev–Trinajstić information content (AvgIpc) is 2.54. The van der Waals surface area contributed by atoms with Crippen LogP contribution in [0.5, 0.6) is 5.75 Å². The Bertz CT molecular complexity index is 732. The van der Waals surface area contributed by atoms with Crippen LogP contribution in [0.2, 0.25) is 0 Å². The van der Waals surface area contributed by atoms with Crippen LogP contribution in [0.25, 0.3) is 0 Å². The van der Waals surface area contributed by atoms with E-state index in [1.54, 1.807) is 24.3 Å². The van der Waals surface area contributed by atoms with E-state index in [0.717, 1.165) is 12.1 Å². The van der Waals surface area contributed by atoms with E-state index in [1.807, 2.05) is 0 Å². The molecule has 0 unspecified atom stereocenters. The molecular weight excluding hydrogens is 328 g/mol. The number of rotatable bonds is 4. The second-order valence-corrected chi connectivity index (χ2v) is 4.82. The molecule has 2 N–H and O–H groups in total. The Kier molecular flexibility index (Phi) is 5.28. The number of alkyl halides is 3. The van der Waals surface area contributed by atoms with E-state index in [9.17, 15) is 22.4 Å². The molecular formula is C16H14F4N2O2. The third-order valence-corrected chi connectivity index (χ3v) is 3.14. The van der Waals surface area contributed by atoms with Gasteiger partial charge in [-0.15, -0.1) is 0 Å². The van der Waals surface area contributed by atoms with Crippen LogP contribution in [0, 0.1) is 5.82 Å². The van der Waals surface area contributed by atoms with E-state index in [-0.39, 0.29) is 6.54 Å². The van der Waals surface area contributed by atoms with Gasteiger partial charge in [-0.2, -0.15) is 13.2 Å². The summed E-state index contributed by atoms with van der Waals surface area (Å²) in [6.45, 7) is 0.101. The molecule has 0 aromatic heterocycles. The summed E-state index contributed by atoms with van der Waals surface area (Å²) >= 11 is 0. The van der Waals surface area contributed by atoms with Crippen LogP contribution in [0.3, 0.4) is 0 Å². The van der Waals surface area contributed by atoms with Gasteiger partial charge in [0.05, 0.1) is 18.4 Å². The number of carbonyl (C=O) groups is 1. The number of carbonyl (C=O) groups excluding carboxylic acids is 1. The number of benzene rings is 2. The number of hydrogen-bond acceptors (Lipinski definition) is 2. The highest BCUT2D eigenvalue weighted by molar-refractivity contribution is 5.89. The highest BCUT2D eigenvalue weighted by Gasteiger charge is 2.35. The molecule has 0 radical (unpaired) electrons. The maximum absolute atomic E-state index is 13.8. The predicted molar refractivity (Wildman–Crippen MR) is 80.3 cm³/mol. The molecule has 2 aromatic rings. The van der Waals surface area contributed by atoms with Crippen LogP contribution in [0.15, 0.2) is 42.5 Å². The van der Waals surface area contributed by atoms with Crippen LogP contribution in [-0.4, -0.2) is 13.1 Å². The largest absolute Gasteiger partial charge is 0.497 e. The molecule has 0 bridgehead atoms. The fourth-order valence-corrected chi connectivity index (χ4v) is 1.98. The molecule has 2 rings (SSSR count). The third kappa shape index (κ3) is 4.37. The summed E-state index contributed by atoms with van der Waals surface area (Å²) in [4.78, 5) is 11.8. The van der Waals surface area contributed by atoms with Crippen molar-refractivity contribution in [2.45, 2.75) is 12.7 Å². The Balaban J connectivity index is 2.02. The smallest absolute Gasteiger partial charge is 0.419 e. The lowest BCUT2D eigenvalue weighted by atomic mass is 10.2. The van der Waals surface area contributed by atoms with Crippen molar-refractivity contribution in [3.63, 3.8) is 0 Å². The highest BCUT2D eigenvalue weighted by atomic mass is 19.4. The first-order chi connectivity index (χ1) is 11.3. The number of amides is 2. The second-order valence-electron chi connectivity index (χ2n) is 4.82. The van der Waals surface area contributed by atoms with Crippen molar-refractivity contribution < 1.29 is 27.1 Å². The lowest BCUT2D eigenvalue weighted by Gasteiger charge is -2.13. The first kappa shape index (κ1) is 17.6. The Morgan fingerprint density at radius 1 is 1.17 bits per heavy atom. The lowest BCUT2D eigenvalue weighted by molar-refractivity contribution is -0.139. The Labute approximate surface area is 135 Å². The zero-order valence-electron chi connectivity index (χ0n) is 12.6. The number of methoxy groups -OCH3 is 1. The maximum atomic E-state index is 13.8. The van der Waals surface area contributed by atoms with Gasteiger partial charge in [0.1, 0.15) is 5.75 Å². The maximum Gasteiger partial charge on any atom is 0.419 e. The van der Waals surface area contributed by atoms with Crippen molar-refractivity contribution in [2.75, 3.05) is 12.4 Å². The lowest BCUT2D eigenvalue weighted by Crippen LogP contribution is -2.28. The fourth-order valence-electron chi connectivity index (χ4n) is 1.98. The van der Waals surface area contributed by atoms with Gasteiger partial charge in [0.25, 0.3) is 0 Å². The topological polar surface area (TPSA) is 50.4 Å². The zero-order chi connectivity index (χ0) is 17.7. The molecule has 0 atom stereocenters. The standard InChI is InChI=1S/C16H14F4N2O2/c1-24-11-5-2-4-10(8-11)9-21-15(23)22-13-7-3-6-12(14(13)17)16(18,19)20/h2-8H,9H2,1H3,(H2,21,22,23). The first-order valence-corrected chi connectivity index (χ1v) is 6.84. The van der Waals surface area contributed by atoms with Gasteiger partial charge in [0.15, 0.2) is 5.82 Å². The molecule has 4 nitrogen and oxygen atoms in total. The molecule has 2 amide bonds. The van der Waals surface area contributed by atoms with Gasteiger partial charge in [-0.1, -0.05) is 18.2 Å². The van der Waals surface area contributed by atoms with Gasteiger partial charge in [-0.25, -0.2) is 9.18 Å². The second kappa shape index (κ2) is 7.20. The van der Waals surface area contributed by atoms with Crippen molar-refractivity contribution in [2.24, 2.45) is 0 Å². The molecule has 0 saturated heterocycles. The predicted octanol–water partition coefficient (Wildman–Crippen LogP) is 4.17. The van der Waals surface area contributed by atoms with Crippen molar-refractivity contribution in [1.82, 2.24) is 5.32 Å². The van der Waals surface area contributed by atoms with Crippen molar-refractivity contribution >= 4 is 11.7 Å². The minimum Gasteiger partial charge on any atom is -0.497 e. The van der Waals surface area contributed by atoms with Gasteiger partial charge in [-0.3, -0.25) is 0 Å². The first-order valence-electron chi connectivity index (χ1n) is 6.84. The molecule has 128 valence electrons. The molecule has 0 aliphatic carbocycles. The molecule has 24 heavy (non-hydrogen) atoms. The zero-order valence-corrected chi connectivity index (χ0v) is 12.6. The number of halogens is 4. The molecule has 0 saturated carbocycles. The Hall–Kier alpha value is -2.77. The Morgan fingerprint density at radius 3 is 2.54 bits per heavy atom. The number of anilines is 1. The van der Waals surface area contributed by atoms with E-state index in [0.29, 0.717) is 17.4 Å². The Morgan fingerprint density at radius 2 is 1.88 bits per heavy atom. The molecule has 0 heterocycles. The third-order valence-electron chi connectivity index (χ3n) is 3.14. The molecule has 8 heteroatoms. The number of ether oxygens (including phenoxy) is 1. The van der Waals surface area contributed by atoms with E-state index in [4.69, 9.17) is 4.74 Å². The normalized spacial score (nSPS) is 11.0. The summed E-state index contributed by atoms with van der Waals surface area (Å²) < 4.78 is 56.7. The number of hydrogen-bond donors (Lipinski definition) is 2. The molecule has 0 fully saturated rings. The van der Waals surface area contributed by atoms with E-state index < -0.39 is 29.3 Å². The summed E-state index contributed by atoms with van der Waals surface area (Å²) in [6, 6.07) is 8.71. The van der Waals surface area contributed by atoms with Crippen molar-refractivity contribution in [3.8, 4) is 5.75 Å². The minimum absolute atomic E-state index is 0.101. The number of urea groups is 1. The summed E-state index contributed by atoms with van der Waals surface area (Å²) in [5.74, 6) is -0.930. The van der Waals surface area contributed by atoms with Crippen molar-refractivity contribution in [3.05, 3.63) is 59.4 Å². The summed E-state index contributed by atoms with van der Waals surface area (Å²) in [7, 11) is 1.50. The summed E-state index contributed by atoms with van der Waals surface area (Å²) in [5.41, 5.74) is -1.27. The van der Waals surface area contributed by atoms with Gasteiger partial charge in [0, 0.05) is 6.54 Å². The minimum atomic E-state index is -4.83. The van der Waals surface area contributed by atoms with E-state index in [2.05, 4.69) is 10.6 Å². The van der Waals surface area contributed by atoms with Gasteiger partial charge in [-0.05, 0) is 29.8 Å². The summed E-state index contributed by atoms with van der Waals surface area (Å²) in [5, 5.41) is 4.50. The quantitative estimate of drug-likeness (QED) is 0.819. The van der Waals surface area contributed by atoms with Crippen molar-refractivity contribution in [1.29, 1.82) is 0 Å². The van der Waals surface area contributed by atoms with Crippen LogP contribution in [0.4, 0.5) is 28.0 Å². The van der Waals surface area contributed by atoms with E-state index in [1.165, 1.54) is 7.11 Å². The van der Waals surface area contributed by atoms with Crippen LogP contribution < -0.4 is 15.4 Å². The molecule has 0 spiro atoms. The monoisotopic (exact) mass is 342 g/mol.